The summed E-state index contributed by atoms with van der Waals surface area (Å²) in [6.07, 6.45) is 1.69. The predicted octanol–water partition coefficient (Wildman–Crippen LogP) is 2.86. The van der Waals surface area contributed by atoms with Crippen LogP contribution in [0.5, 0.6) is 5.75 Å². The van der Waals surface area contributed by atoms with Crippen LogP contribution in [0.3, 0.4) is 0 Å². The highest BCUT2D eigenvalue weighted by molar-refractivity contribution is 6.09. The Balaban J connectivity index is 3.08. The van der Waals surface area contributed by atoms with Crippen LogP contribution in [0.1, 0.15) is 5.56 Å². The van der Waals surface area contributed by atoms with Crippen molar-refractivity contribution in [2.45, 2.75) is 0 Å². The van der Waals surface area contributed by atoms with Crippen molar-refractivity contribution in [1.82, 2.24) is 0 Å². The van der Waals surface area contributed by atoms with Crippen LogP contribution < -0.4 is 4.29 Å². The lowest BCUT2D eigenvalue weighted by atomic mass is 10.2. The summed E-state index contributed by atoms with van der Waals surface area (Å²) in [5.41, 5.74) is 0.900. The fraction of sp³-hybridized carbons (Fsp3) is 0. The van der Waals surface area contributed by atoms with Crippen LogP contribution in [0.2, 0.25) is 0 Å². The zero-order valence-corrected chi connectivity index (χ0v) is 6.14. The second-order valence-corrected chi connectivity index (χ2v) is 1.97. The molecule has 1 nitrogen and oxygen atoms in total. The van der Waals surface area contributed by atoms with Crippen LogP contribution in [-0.4, -0.2) is 0 Å². The molecule has 1 aromatic carbocycles. The predicted molar refractivity (Wildman–Crippen MR) is 43.0 cm³/mol. The highest BCUT2D eigenvalue weighted by atomic mass is 35.5. The topological polar surface area (TPSA) is 9.23 Å². The summed E-state index contributed by atoms with van der Waals surface area (Å²) in [6, 6.07) is 7.41. The molecule has 0 heterocycles. The highest BCUT2D eigenvalue weighted by Gasteiger charge is 1.95. The molecule has 0 saturated heterocycles. The summed E-state index contributed by atoms with van der Waals surface area (Å²) >= 11 is 5.16. The third kappa shape index (κ3) is 1.31. The molecule has 1 aromatic rings. The van der Waals surface area contributed by atoms with Crippen LogP contribution >= 0.6 is 11.9 Å². The molecule has 52 valence electrons. The summed E-state index contributed by atoms with van der Waals surface area (Å²) < 4.78 is 4.54. The molecular weight excluding hydrogens is 148 g/mol. The van der Waals surface area contributed by atoms with Gasteiger partial charge < -0.3 is 4.29 Å². The number of hydrogen-bond acceptors (Lipinski definition) is 1. The van der Waals surface area contributed by atoms with Gasteiger partial charge in [0.1, 0.15) is 11.9 Å². The van der Waals surface area contributed by atoms with E-state index >= 15 is 0 Å². The molecule has 1 rings (SSSR count). The van der Waals surface area contributed by atoms with Crippen LogP contribution in [0.4, 0.5) is 0 Å². The minimum Gasteiger partial charge on any atom is -0.385 e. The molecule has 0 N–H and O–H groups in total. The Morgan fingerprint density at radius 3 is 2.60 bits per heavy atom. The van der Waals surface area contributed by atoms with Crippen molar-refractivity contribution in [2.75, 3.05) is 0 Å². The van der Waals surface area contributed by atoms with Gasteiger partial charge in [-0.3, -0.25) is 0 Å². The molecule has 0 aliphatic heterocycles. The second kappa shape index (κ2) is 3.28. The van der Waals surface area contributed by atoms with Gasteiger partial charge >= 0.3 is 0 Å². The highest BCUT2D eigenvalue weighted by Crippen LogP contribution is 2.19. The maximum Gasteiger partial charge on any atom is 0.153 e. The lowest BCUT2D eigenvalue weighted by molar-refractivity contribution is 0.617. The van der Waals surface area contributed by atoms with Gasteiger partial charge in [-0.15, -0.1) is 0 Å². The number of benzene rings is 1. The second-order valence-electron chi connectivity index (χ2n) is 1.82. The van der Waals surface area contributed by atoms with Crippen molar-refractivity contribution in [1.29, 1.82) is 0 Å². The maximum atomic E-state index is 5.16. The van der Waals surface area contributed by atoms with Crippen molar-refractivity contribution in [3.05, 3.63) is 36.4 Å². The number of hydrogen-bond donors (Lipinski definition) is 0. The summed E-state index contributed by atoms with van der Waals surface area (Å²) in [7, 11) is 0. The summed E-state index contributed by atoms with van der Waals surface area (Å²) in [5.74, 6) is 0.638. The quantitative estimate of drug-likeness (QED) is 0.637. The van der Waals surface area contributed by atoms with Gasteiger partial charge in [0.25, 0.3) is 0 Å². The first-order valence-electron chi connectivity index (χ1n) is 2.88. The van der Waals surface area contributed by atoms with Gasteiger partial charge in [-0.1, -0.05) is 30.9 Å². The van der Waals surface area contributed by atoms with E-state index in [4.69, 9.17) is 11.9 Å². The van der Waals surface area contributed by atoms with Crippen LogP contribution in [0.15, 0.2) is 30.8 Å². The van der Waals surface area contributed by atoms with E-state index in [1.165, 1.54) is 0 Å². The minimum absolute atomic E-state index is 0.638. The molecule has 10 heavy (non-hydrogen) atoms. The summed E-state index contributed by atoms with van der Waals surface area (Å²) in [5, 5.41) is 0. The molecule has 0 bridgehead atoms. The SMILES string of the molecule is C=Cc1ccccc1OCl. The zero-order valence-electron chi connectivity index (χ0n) is 5.38. The lowest BCUT2D eigenvalue weighted by Crippen LogP contribution is -1.78. The van der Waals surface area contributed by atoms with Gasteiger partial charge in [0.15, 0.2) is 5.75 Å². The third-order valence-corrected chi connectivity index (χ3v) is 1.39. The molecule has 0 amide bonds. The standard InChI is InChI=1S/C8H7ClO/c1-2-7-5-3-4-6-8(7)10-9/h2-6H,1H2. The minimum atomic E-state index is 0.638. The Morgan fingerprint density at radius 1 is 1.40 bits per heavy atom. The molecule has 0 aliphatic rings. The van der Waals surface area contributed by atoms with Gasteiger partial charge in [0.05, 0.1) is 0 Å². The normalized spacial score (nSPS) is 8.90. The molecule has 0 atom stereocenters. The monoisotopic (exact) mass is 154 g/mol. The Labute approximate surface area is 65.1 Å². The Morgan fingerprint density at radius 2 is 2.10 bits per heavy atom. The van der Waals surface area contributed by atoms with Crippen molar-refractivity contribution in [3.63, 3.8) is 0 Å². The Hall–Kier alpha value is -0.950. The molecule has 0 fully saturated rings. The first kappa shape index (κ1) is 7.16. The average Bonchev–Trinajstić information content (AvgIpc) is 2.04. The molecule has 0 aromatic heterocycles. The third-order valence-electron chi connectivity index (χ3n) is 1.22. The zero-order chi connectivity index (χ0) is 7.40. The van der Waals surface area contributed by atoms with Gasteiger partial charge in [0.2, 0.25) is 0 Å². The van der Waals surface area contributed by atoms with E-state index in [9.17, 15) is 0 Å². The molecule has 0 radical (unpaired) electrons. The lowest BCUT2D eigenvalue weighted by Gasteiger charge is -1.98. The van der Waals surface area contributed by atoms with Crippen molar-refractivity contribution < 1.29 is 4.29 Å². The number of halogens is 1. The van der Waals surface area contributed by atoms with E-state index in [1.807, 2.05) is 18.2 Å². The van der Waals surface area contributed by atoms with Gasteiger partial charge in [-0.05, 0) is 6.07 Å². The Kier molecular flexibility index (Phi) is 2.35. The van der Waals surface area contributed by atoms with Gasteiger partial charge in [-0.2, -0.15) is 0 Å². The summed E-state index contributed by atoms with van der Waals surface area (Å²) in [4.78, 5) is 0. The van der Waals surface area contributed by atoms with Crippen molar-refractivity contribution in [2.24, 2.45) is 0 Å². The van der Waals surface area contributed by atoms with Crippen LogP contribution in [-0.2, 0) is 0 Å². The average molecular weight is 155 g/mol. The van der Waals surface area contributed by atoms with E-state index < -0.39 is 0 Å². The number of para-hydroxylation sites is 1. The van der Waals surface area contributed by atoms with Crippen molar-refractivity contribution in [3.8, 4) is 5.75 Å². The molecular formula is C8H7ClO. The molecule has 2 heteroatoms. The van der Waals surface area contributed by atoms with Gasteiger partial charge in [-0.25, -0.2) is 0 Å². The smallest absolute Gasteiger partial charge is 0.153 e. The van der Waals surface area contributed by atoms with Gasteiger partial charge in [0, 0.05) is 5.56 Å². The van der Waals surface area contributed by atoms with E-state index in [0.717, 1.165) is 5.56 Å². The van der Waals surface area contributed by atoms with Crippen LogP contribution in [0.25, 0.3) is 6.08 Å². The first-order valence-corrected chi connectivity index (χ1v) is 3.19. The summed E-state index contributed by atoms with van der Waals surface area (Å²) in [6.45, 7) is 3.60. The Bertz CT molecular complexity index is 232. The van der Waals surface area contributed by atoms with E-state index in [1.54, 1.807) is 12.1 Å². The fourth-order valence-corrected chi connectivity index (χ4v) is 0.860. The van der Waals surface area contributed by atoms with E-state index in [0.29, 0.717) is 5.75 Å². The maximum absolute atomic E-state index is 5.16. The van der Waals surface area contributed by atoms with Crippen LogP contribution in [0, 0.1) is 0 Å². The largest absolute Gasteiger partial charge is 0.385 e. The molecule has 0 spiro atoms. The first-order chi connectivity index (χ1) is 4.88. The van der Waals surface area contributed by atoms with E-state index in [-0.39, 0.29) is 0 Å². The van der Waals surface area contributed by atoms with Crippen molar-refractivity contribution >= 4 is 17.9 Å². The molecule has 0 saturated carbocycles. The van der Waals surface area contributed by atoms with E-state index in [2.05, 4.69) is 10.9 Å². The fourth-order valence-electron chi connectivity index (χ4n) is 0.719. The molecule has 0 aliphatic carbocycles. The molecule has 0 unspecified atom stereocenters. The number of rotatable bonds is 2.